The summed E-state index contributed by atoms with van der Waals surface area (Å²) in [5, 5.41) is 119. The van der Waals surface area contributed by atoms with Crippen LogP contribution in [0.15, 0.2) is 72.9 Å². The van der Waals surface area contributed by atoms with Crippen LogP contribution in [0.3, 0.4) is 0 Å². The molecule has 0 radical (unpaired) electrons. The molecule has 408 valence electrons. The van der Waals surface area contributed by atoms with Gasteiger partial charge in [-0.2, -0.15) is 0 Å². The summed E-state index contributed by atoms with van der Waals surface area (Å²) in [7, 11) is 0. The van der Waals surface area contributed by atoms with Gasteiger partial charge in [0.15, 0.2) is 18.9 Å². The van der Waals surface area contributed by atoms with Crippen LogP contribution >= 0.6 is 0 Å². The molecule has 0 spiro atoms. The number of amides is 1. The number of carbonyl (C=O) groups excluding carboxylic acids is 1. The van der Waals surface area contributed by atoms with Gasteiger partial charge in [-0.1, -0.05) is 112 Å². The Labute approximate surface area is 419 Å². The van der Waals surface area contributed by atoms with Crippen LogP contribution in [-0.2, 0) is 33.2 Å². The first-order valence-electron chi connectivity index (χ1n) is 25.7. The molecule has 19 heteroatoms. The van der Waals surface area contributed by atoms with E-state index in [2.05, 4.69) is 79.9 Å². The fourth-order valence-electron chi connectivity index (χ4n) is 8.18. The van der Waals surface area contributed by atoms with Gasteiger partial charge in [-0.3, -0.25) is 4.79 Å². The van der Waals surface area contributed by atoms with Crippen LogP contribution in [0, 0.1) is 0 Å². The number of nitrogens with one attached hydrogen (secondary N) is 1. The van der Waals surface area contributed by atoms with Crippen molar-refractivity contribution in [2.24, 2.45) is 0 Å². The quantitative estimate of drug-likeness (QED) is 0.0324. The number of aliphatic hydroxyl groups is 11. The van der Waals surface area contributed by atoms with E-state index in [4.69, 9.17) is 28.4 Å². The number of allylic oxidation sites excluding steroid dienone is 11. The Hall–Kier alpha value is -2.77. The van der Waals surface area contributed by atoms with Gasteiger partial charge in [0.2, 0.25) is 5.91 Å². The summed E-state index contributed by atoms with van der Waals surface area (Å²) < 4.78 is 34.0. The number of rotatable bonds is 34. The van der Waals surface area contributed by atoms with Crippen LogP contribution in [0.2, 0.25) is 0 Å². The minimum absolute atomic E-state index is 0.208. The zero-order valence-electron chi connectivity index (χ0n) is 41.7. The standard InChI is InChI=1S/C52H87NO18/c1-3-5-7-9-11-13-15-16-17-18-20-22-24-26-28-30-40(58)53-35(36(57)29-27-25-23-21-19-14-12-10-8-6-4-2)34-66-50-46(64)43(61)48(38(32-55)68-50)71-52-47(65)44(62)49(39(33-56)69-52)70-51-45(63)42(60)41(59)37(31-54)67-51/h5,7-8,10-11,13,16-17,19,21,27,29,35-39,41-52,54-57,59-65H,3-4,6,9,12,14-15,18,20,22-26,28,30-34H2,1-2H3,(H,53,58)/b7-5-,10-8+,13-11-,17-16-,21-19+,29-27+. The lowest BCUT2D eigenvalue weighted by Crippen LogP contribution is -2.66. The molecule has 0 saturated carbocycles. The van der Waals surface area contributed by atoms with Crippen molar-refractivity contribution in [2.75, 3.05) is 26.4 Å². The molecule has 3 aliphatic rings. The maximum Gasteiger partial charge on any atom is 0.220 e. The molecular formula is C52H87NO18. The predicted molar refractivity (Wildman–Crippen MR) is 263 cm³/mol. The molecule has 71 heavy (non-hydrogen) atoms. The zero-order chi connectivity index (χ0) is 52.0. The van der Waals surface area contributed by atoms with Crippen LogP contribution < -0.4 is 5.32 Å². The second kappa shape index (κ2) is 36.2. The van der Waals surface area contributed by atoms with E-state index in [1.807, 2.05) is 0 Å². The van der Waals surface area contributed by atoms with E-state index in [-0.39, 0.29) is 18.9 Å². The third-order valence-corrected chi connectivity index (χ3v) is 12.4. The molecular weight excluding hydrogens is 927 g/mol. The van der Waals surface area contributed by atoms with Gasteiger partial charge in [0, 0.05) is 6.42 Å². The van der Waals surface area contributed by atoms with Crippen molar-refractivity contribution in [2.45, 2.75) is 221 Å². The van der Waals surface area contributed by atoms with Crippen molar-refractivity contribution in [3.8, 4) is 0 Å². The van der Waals surface area contributed by atoms with Gasteiger partial charge in [-0.15, -0.1) is 0 Å². The second-order valence-corrected chi connectivity index (χ2v) is 18.2. The van der Waals surface area contributed by atoms with Gasteiger partial charge >= 0.3 is 0 Å². The number of hydrogen-bond donors (Lipinski definition) is 12. The fraction of sp³-hybridized carbons (Fsp3) is 0.750. The number of carbonyl (C=O) groups is 1. The van der Waals surface area contributed by atoms with Gasteiger partial charge in [0.05, 0.1) is 38.6 Å². The number of hydrogen-bond acceptors (Lipinski definition) is 18. The number of aliphatic hydroxyl groups excluding tert-OH is 11. The summed E-state index contributed by atoms with van der Waals surface area (Å²) in [6.45, 7) is 1.43. The Kier molecular flexibility index (Phi) is 31.9. The molecule has 3 fully saturated rings. The molecule has 3 aliphatic heterocycles. The van der Waals surface area contributed by atoms with Crippen molar-refractivity contribution >= 4 is 5.91 Å². The molecule has 0 aromatic heterocycles. The second-order valence-electron chi connectivity index (χ2n) is 18.2. The molecule has 3 saturated heterocycles. The fourth-order valence-corrected chi connectivity index (χ4v) is 8.18. The molecule has 17 unspecified atom stereocenters. The largest absolute Gasteiger partial charge is 0.394 e. The summed E-state index contributed by atoms with van der Waals surface area (Å²) >= 11 is 0. The van der Waals surface area contributed by atoms with Crippen molar-refractivity contribution < 1.29 is 89.4 Å². The van der Waals surface area contributed by atoms with E-state index < -0.39 is 124 Å². The lowest BCUT2D eigenvalue weighted by atomic mass is 9.96. The van der Waals surface area contributed by atoms with Crippen molar-refractivity contribution in [3.63, 3.8) is 0 Å². The molecule has 17 atom stereocenters. The lowest BCUT2D eigenvalue weighted by Gasteiger charge is -2.48. The summed E-state index contributed by atoms with van der Waals surface area (Å²) in [5.41, 5.74) is 0. The molecule has 3 heterocycles. The van der Waals surface area contributed by atoms with Crippen molar-refractivity contribution in [3.05, 3.63) is 72.9 Å². The smallest absolute Gasteiger partial charge is 0.220 e. The molecule has 0 aromatic carbocycles. The molecule has 3 rings (SSSR count). The maximum absolute atomic E-state index is 13.2. The van der Waals surface area contributed by atoms with E-state index in [9.17, 15) is 61.0 Å². The van der Waals surface area contributed by atoms with Gasteiger partial charge < -0.3 is 89.9 Å². The van der Waals surface area contributed by atoms with Gasteiger partial charge in [-0.05, 0) is 70.6 Å². The lowest BCUT2D eigenvalue weighted by molar-refractivity contribution is -0.379. The monoisotopic (exact) mass is 1010 g/mol. The van der Waals surface area contributed by atoms with Crippen molar-refractivity contribution in [1.29, 1.82) is 0 Å². The van der Waals surface area contributed by atoms with E-state index in [0.29, 0.717) is 12.8 Å². The molecule has 19 nitrogen and oxygen atoms in total. The van der Waals surface area contributed by atoms with E-state index in [1.54, 1.807) is 12.2 Å². The van der Waals surface area contributed by atoms with Crippen LogP contribution in [-0.4, -0.2) is 193 Å². The SMILES string of the molecule is CC/C=C\C/C=C\C/C=C\CCCCCCCC(=O)NC(COC1OC(CO)C(OC2OC(CO)C(OC3OC(CO)C(O)C(O)C3O)C(O)C2O)C(O)C1O)C(O)/C=C/CC/C=C/CC/C=C/CCC. The summed E-state index contributed by atoms with van der Waals surface area (Å²) in [4.78, 5) is 13.2. The minimum Gasteiger partial charge on any atom is -0.394 e. The summed E-state index contributed by atoms with van der Waals surface area (Å²) in [5.74, 6) is -0.315. The summed E-state index contributed by atoms with van der Waals surface area (Å²) in [6.07, 6.45) is 12.0. The third kappa shape index (κ3) is 21.9. The molecule has 0 aromatic rings. The number of unbranched alkanes of at least 4 members (excludes halogenated alkanes) is 8. The van der Waals surface area contributed by atoms with Gasteiger partial charge in [-0.25, -0.2) is 0 Å². The highest BCUT2D eigenvalue weighted by molar-refractivity contribution is 5.76. The highest BCUT2D eigenvalue weighted by Gasteiger charge is 2.53. The Morgan fingerprint density at radius 2 is 0.986 bits per heavy atom. The van der Waals surface area contributed by atoms with E-state index in [1.165, 1.54) is 0 Å². The highest BCUT2D eigenvalue weighted by atomic mass is 16.8. The normalized spacial score (nSPS) is 32.9. The first-order valence-corrected chi connectivity index (χ1v) is 25.7. The first-order chi connectivity index (χ1) is 34.3. The maximum atomic E-state index is 13.2. The first kappa shape index (κ1) is 62.5. The molecule has 12 N–H and O–H groups in total. The third-order valence-electron chi connectivity index (χ3n) is 12.4. The van der Waals surface area contributed by atoms with E-state index in [0.717, 1.165) is 83.5 Å². The number of ether oxygens (including phenoxy) is 6. The topological polar surface area (TPSA) is 307 Å². The molecule has 0 bridgehead atoms. The average molecular weight is 1010 g/mol. The minimum atomic E-state index is -1.98. The average Bonchev–Trinajstić information content (AvgIpc) is 3.36. The molecule has 0 aliphatic carbocycles. The summed E-state index contributed by atoms with van der Waals surface area (Å²) in [6, 6.07) is -1.01. The highest BCUT2D eigenvalue weighted by Crippen LogP contribution is 2.33. The van der Waals surface area contributed by atoms with Gasteiger partial charge in [0.25, 0.3) is 0 Å². The van der Waals surface area contributed by atoms with Crippen LogP contribution in [0.25, 0.3) is 0 Å². The Morgan fingerprint density at radius 3 is 1.56 bits per heavy atom. The Balaban J connectivity index is 1.58. The van der Waals surface area contributed by atoms with Crippen LogP contribution in [0.4, 0.5) is 0 Å². The molecule has 1 amide bonds. The van der Waals surface area contributed by atoms with Crippen molar-refractivity contribution in [1.82, 2.24) is 5.32 Å². The Morgan fingerprint density at radius 1 is 0.521 bits per heavy atom. The zero-order valence-corrected chi connectivity index (χ0v) is 41.7. The van der Waals surface area contributed by atoms with Crippen LogP contribution in [0.1, 0.15) is 117 Å². The van der Waals surface area contributed by atoms with Crippen LogP contribution in [0.5, 0.6) is 0 Å². The van der Waals surface area contributed by atoms with Gasteiger partial charge in [0.1, 0.15) is 73.2 Å². The van der Waals surface area contributed by atoms with E-state index >= 15 is 0 Å². The Bertz CT molecular complexity index is 1590. The predicted octanol–water partition coefficient (Wildman–Crippen LogP) is 1.92.